The van der Waals surface area contributed by atoms with Crippen LogP contribution >= 0.6 is 0 Å². The van der Waals surface area contributed by atoms with Gasteiger partial charge in [-0.05, 0) is 69.9 Å². The van der Waals surface area contributed by atoms with Gasteiger partial charge in [0.2, 0.25) is 20.9 Å². The Morgan fingerprint density at radius 3 is 2.61 bits per heavy atom. The summed E-state index contributed by atoms with van der Waals surface area (Å²) in [5.74, 6) is -1.82. The molecule has 0 radical (unpaired) electrons. The molecule has 2 saturated carbocycles. The number of anilines is 1. The molecule has 1 aromatic carbocycles. The predicted octanol–water partition coefficient (Wildman–Crippen LogP) is 4.19. The van der Waals surface area contributed by atoms with E-state index in [0.29, 0.717) is 23.6 Å². The van der Waals surface area contributed by atoms with E-state index >= 15 is 0 Å². The summed E-state index contributed by atoms with van der Waals surface area (Å²) in [5.41, 5.74) is 1.12. The van der Waals surface area contributed by atoms with Crippen LogP contribution in [0.4, 0.5) is 14.5 Å². The number of nitrogens with zero attached hydrogens (tertiary/aromatic N) is 2. The van der Waals surface area contributed by atoms with E-state index in [4.69, 9.17) is 0 Å². The molecule has 6 nitrogen and oxygen atoms in total. The van der Waals surface area contributed by atoms with Gasteiger partial charge < -0.3 is 9.88 Å². The van der Waals surface area contributed by atoms with Gasteiger partial charge in [-0.2, -0.15) is 0 Å². The topological polar surface area (TPSA) is 81.1 Å². The zero-order valence-electron chi connectivity index (χ0n) is 17.9. The number of imidazole rings is 1. The van der Waals surface area contributed by atoms with Crippen molar-refractivity contribution in [3.8, 4) is 0 Å². The number of rotatable bonds is 6. The predicted molar refractivity (Wildman–Crippen MR) is 112 cm³/mol. The third-order valence-corrected chi connectivity index (χ3v) is 8.47. The maximum atomic E-state index is 13.8. The summed E-state index contributed by atoms with van der Waals surface area (Å²) in [4.78, 5) is 16.7. The van der Waals surface area contributed by atoms with E-state index < -0.39 is 33.1 Å². The van der Waals surface area contributed by atoms with E-state index in [1.807, 2.05) is 13.8 Å². The minimum atomic E-state index is -4.08. The average molecular weight is 452 g/mol. The molecular formula is C22H27F2N3O3S. The number of aryl methyl sites for hydroxylation is 1. The molecular weight excluding hydrogens is 424 g/mol. The van der Waals surface area contributed by atoms with Gasteiger partial charge in [0, 0.05) is 17.8 Å². The van der Waals surface area contributed by atoms with Crippen LogP contribution in [-0.2, 0) is 14.6 Å². The van der Waals surface area contributed by atoms with Crippen molar-refractivity contribution < 1.29 is 22.0 Å². The van der Waals surface area contributed by atoms with Crippen molar-refractivity contribution in [3.63, 3.8) is 0 Å². The number of carbonyl (C=O) groups excluding carboxylic acids is 1. The third-order valence-electron chi connectivity index (χ3n) is 6.98. The maximum Gasteiger partial charge on any atom is 0.240 e. The van der Waals surface area contributed by atoms with E-state index in [-0.39, 0.29) is 16.9 Å². The van der Waals surface area contributed by atoms with Crippen molar-refractivity contribution >= 4 is 21.4 Å². The lowest BCUT2D eigenvalue weighted by atomic mass is 9.84. The lowest BCUT2D eigenvalue weighted by Gasteiger charge is -2.30. The van der Waals surface area contributed by atoms with E-state index in [2.05, 4.69) is 10.3 Å². The Morgan fingerprint density at radius 1 is 1.26 bits per heavy atom. The molecule has 1 heterocycles. The number of carbonyl (C=O) groups is 1. The van der Waals surface area contributed by atoms with Gasteiger partial charge in [0.05, 0.1) is 11.4 Å². The lowest BCUT2D eigenvalue weighted by Crippen LogP contribution is -2.29. The molecule has 1 amide bonds. The summed E-state index contributed by atoms with van der Waals surface area (Å²) in [7, 11) is -4.08. The van der Waals surface area contributed by atoms with Crippen molar-refractivity contribution in [1.82, 2.24) is 9.55 Å². The van der Waals surface area contributed by atoms with Gasteiger partial charge in [-0.3, -0.25) is 4.79 Å². The van der Waals surface area contributed by atoms with Crippen molar-refractivity contribution in [2.75, 3.05) is 11.1 Å². The Labute approximate surface area is 181 Å². The minimum Gasteiger partial charge on any atom is -0.323 e. The quantitative estimate of drug-likeness (QED) is 0.714. The first-order valence-corrected chi connectivity index (χ1v) is 12.2. The number of sulfone groups is 1. The van der Waals surface area contributed by atoms with E-state index in [1.54, 1.807) is 11.5 Å². The third kappa shape index (κ3) is 4.12. The van der Waals surface area contributed by atoms with Gasteiger partial charge in [-0.1, -0.05) is 6.42 Å². The first-order valence-electron chi connectivity index (χ1n) is 10.6. The molecule has 2 aliphatic rings. The zero-order valence-corrected chi connectivity index (χ0v) is 18.7. The number of nitrogens with one attached hydrogen (secondary N) is 1. The average Bonchev–Trinajstić information content (AvgIpc) is 3.39. The van der Waals surface area contributed by atoms with Crippen LogP contribution in [0.3, 0.4) is 0 Å². The van der Waals surface area contributed by atoms with Crippen LogP contribution in [0.15, 0.2) is 23.4 Å². The van der Waals surface area contributed by atoms with Crippen LogP contribution in [-0.4, -0.2) is 29.6 Å². The summed E-state index contributed by atoms with van der Waals surface area (Å²) in [6.07, 6.45) is 4.73. The normalized spacial score (nSPS) is 23.8. The largest absolute Gasteiger partial charge is 0.323 e. The summed E-state index contributed by atoms with van der Waals surface area (Å²) in [5, 5.41) is 2.10. The van der Waals surface area contributed by atoms with Gasteiger partial charge in [0.25, 0.3) is 0 Å². The fourth-order valence-corrected chi connectivity index (χ4v) is 6.81. The highest BCUT2D eigenvalue weighted by Crippen LogP contribution is 2.52. The number of aromatic nitrogens is 2. The molecule has 2 bridgehead atoms. The molecule has 1 aromatic heterocycles. The molecule has 2 aliphatic carbocycles. The first kappa shape index (κ1) is 21.9. The first-order chi connectivity index (χ1) is 14.6. The van der Waals surface area contributed by atoms with E-state index in [0.717, 1.165) is 30.2 Å². The molecule has 0 aliphatic heterocycles. The van der Waals surface area contributed by atoms with Crippen LogP contribution in [0.5, 0.6) is 0 Å². The maximum absolute atomic E-state index is 13.8. The molecule has 4 rings (SSSR count). The molecule has 31 heavy (non-hydrogen) atoms. The van der Waals surface area contributed by atoms with E-state index in [1.165, 1.54) is 19.3 Å². The SMILES string of the molecule is Cc1nc(S(=O)(=O)CC(=O)Nc2ccc(F)cc2F)n([C@@H](C)[C@@H]2C[C@H]3CC[C@H]2C3)c1C. The summed E-state index contributed by atoms with van der Waals surface area (Å²) < 4.78 is 54.9. The van der Waals surface area contributed by atoms with Crippen LogP contribution in [0.1, 0.15) is 50.0 Å². The molecule has 2 aromatic rings. The number of fused-ring (bicyclic) bond motifs is 2. The number of halogens is 2. The van der Waals surface area contributed by atoms with Crippen molar-refractivity contribution in [3.05, 3.63) is 41.2 Å². The molecule has 0 spiro atoms. The van der Waals surface area contributed by atoms with Gasteiger partial charge in [0.1, 0.15) is 17.4 Å². The standard InChI is InChI=1S/C22H27F2N3O3S/c1-12-13(2)27(14(3)18-9-15-4-5-16(18)8-15)22(25-12)31(29,30)11-21(28)26-20-7-6-17(23)10-19(20)24/h6-7,10,14-16,18H,4-5,8-9,11H2,1-3H3,(H,26,28)/t14-,15-,16-,18-/m0/s1. The Hall–Kier alpha value is -2.29. The van der Waals surface area contributed by atoms with Crippen molar-refractivity contribution in [2.45, 2.75) is 57.7 Å². The Morgan fingerprint density at radius 2 is 2.00 bits per heavy atom. The number of amides is 1. The molecule has 1 N–H and O–H groups in total. The summed E-state index contributed by atoms with van der Waals surface area (Å²) in [6.45, 7) is 5.64. The lowest BCUT2D eigenvalue weighted by molar-refractivity contribution is -0.113. The monoisotopic (exact) mass is 451 g/mol. The van der Waals surface area contributed by atoms with Crippen LogP contribution in [0.2, 0.25) is 0 Å². The summed E-state index contributed by atoms with van der Waals surface area (Å²) in [6, 6.07) is 2.63. The smallest absolute Gasteiger partial charge is 0.240 e. The molecule has 0 unspecified atom stereocenters. The van der Waals surface area contributed by atoms with Crippen LogP contribution in [0, 0.1) is 43.2 Å². The molecule has 2 fully saturated rings. The Kier molecular flexibility index (Phi) is 5.66. The van der Waals surface area contributed by atoms with Gasteiger partial charge >= 0.3 is 0 Å². The van der Waals surface area contributed by atoms with Crippen molar-refractivity contribution in [1.29, 1.82) is 0 Å². The highest BCUT2D eigenvalue weighted by atomic mass is 32.2. The summed E-state index contributed by atoms with van der Waals surface area (Å²) >= 11 is 0. The van der Waals surface area contributed by atoms with Gasteiger partial charge in [0.15, 0.2) is 0 Å². The molecule has 4 atom stereocenters. The second-order valence-electron chi connectivity index (χ2n) is 8.95. The Balaban J connectivity index is 1.58. The molecule has 168 valence electrons. The minimum absolute atomic E-state index is 0.0427. The number of hydrogen-bond acceptors (Lipinski definition) is 4. The highest BCUT2D eigenvalue weighted by Gasteiger charge is 2.43. The Bertz CT molecular complexity index is 1130. The van der Waals surface area contributed by atoms with Crippen LogP contribution < -0.4 is 5.32 Å². The zero-order chi connectivity index (χ0) is 22.5. The second-order valence-corrected chi connectivity index (χ2v) is 10.8. The van der Waals surface area contributed by atoms with E-state index in [9.17, 15) is 22.0 Å². The molecule has 9 heteroatoms. The fourth-order valence-electron chi connectivity index (χ4n) is 5.39. The fraction of sp³-hybridized carbons (Fsp3) is 0.545. The second kappa shape index (κ2) is 8.00. The van der Waals surface area contributed by atoms with Crippen LogP contribution in [0.25, 0.3) is 0 Å². The molecule has 0 saturated heterocycles. The number of hydrogen-bond donors (Lipinski definition) is 1. The highest BCUT2D eigenvalue weighted by molar-refractivity contribution is 7.92. The number of benzene rings is 1. The van der Waals surface area contributed by atoms with Gasteiger partial charge in [-0.25, -0.2) is 22.2 Å². The van der Waals surface area contributed by atoms with Gasteiger partial charge in [-0.15, -0.1) is 0 Å². The van der Waals surface area contributed by atoms with Crippen molar-refractivity contribution in [2.24, 2.45) is 17.8 Å².